The number of aliphatic hydroxyl groups is 1. The van der Waals surface area contributed by atoms with Crippen LogP contribution in [0.4, 0.5) is 0 Å². The largest absolute Gasteiger partial charge is 0.389 e. The zero-order valence-corrected chi connectivity index (χ0v) is 13.4. The Morgan fingerprint density at radius 1 is 1.63 bits per heavy atom. The maximum absolute atomic E-state index is 11.8. The molecule has 1 rings (SSSR count). The molecule has 108 valence electrons. The van der Waals surface area contributed by atoms with Gasteiger partial charge in [0.05, 0.1) is 22.8 Å². The van der Waals surface area contributed by atoms with Gasteiger partial charge in [0.1, 0.15) is 0 Å². The third-order valence-electron chi connectivity index (χ3n) is 2.37. The summed E-state index contributed by atoms with van der Waals surface area (Å²) in [5.74, 6) is 1.17. The molecular weight excluding hydrogens is 306 g/mol. The van der Waals surface area contributed by atoms with E-state index in [1.54, 1.807) is 18.8 Å². The van der Waals surface area contributed by atoms with Gasteiger partial charge in [0.15, 0.2) is 0 Å². The number of carbonyl (C=O) groups excluding carboxylic acids is 1. The van der Waals surface area contributed by atoms with Crippen LogP contribution in [0.5, 0.6) is 0 Å². The van der Waals surface area contributed by atoms with Gasteiger partial charge in [-0.2, -0.15) is 0 Å². The number of thioether (sulfide) groups is 1. The molecule has 1 amide bonds. The number of hydrogen-bond acceptors (Lipinski definition) is 5. The molecule has 0 aliphatic carbocycles. The minimum atomic E-state index is -0.639. The number of carbonyl (C=O) groups is 1. The van der Waals surface area contributed by atoms with Crippen molar-refractivity contribution in [1.82, 2.24) is 4.90 Å². The average Bonchev–Trinajstić information content (AvgIpc) is 2.75. The van der Waals surface area contributed by atoms with E-state index in [1.165, 1.54) is 23.3 Å². The summed E-state index contributed by atoms with van der Waals surface area (Å²) >= 11 is 8.91. The van der Waals surface area contributed by atoms with Gasteiger partial charge < -0.3 is 14.7 Å². The molecule has 0 aliphatic heterocycles. The van der Waals surface area contributed by atoms with Gasteiger partial charge in [0.25, 0.3) is 0 Å². The van der Waals surface area contributed by atoms with Crippen molar-refractivity contribution in [2.24, 2.45) is 0 Å². The van der Waals surface area contributed by atoms with Crippen LogP contribution in [-0.2, 0) is 15.3 Å². The van der Waals surface area contributed by atoms with E-state index >= 15 is 0 Å². The minimum absolute atomic E-state index is 0.00260. The van der Waals surface area contributed by atoms with Gasteiger partial charge in [-0.05, 0) is 12.1 Å². The van der Waals surface area contributed by atoms with Gasteiger partial charge in [-0.25, -0.2) is 0 Å². The zero-order valence-electron chi connectivity index (χ0n) is 11.0. The molecule has 0 spiro atoms. The molecule has 1 atom stereocenters. The molecule has 1 N–H and O–H groups in total. The van der Waals surface area contributed by atoms with E-state index in [4.69, 9.17) is 16.3 Å². The second-order valence-corrected chi connectivity index (χ2v) is 6.87. The summed E-state index contributed by atoms with van der Waals surface area (Å²) in [6.45, 7) is 0.524. The maximum Gasteiger partial charge on any atom is 0.232 e. The number of rotatable bonds is 8. The van der Waals surface area contributed by atoms with E-state index in [2.05, 4.69) is 0 Å². The highest BCUT2D eigenvalue weighted by atomic mass is 35.5. The van der Waals surface area contributed by atoms with Crippen molar-refractivity contribution in [3.8, 4) is 0 Å². The minimum Gasteiger partial charge on any atom is -0.389 e. The Morgan fingerprint density at radius 2 is 2.37 bits per heavy atom. The lowest BCUT2D eigenvalue weighted by molar-refractivity contribution is -0.128. The maximum atomic E-state index is 11.8. The Kier molecular flexibility index (Phi) is 7.78. The van der Waals surface area contributed by atoms with Gasteiger partial charge in [-0.3, -0.25) is 4.79 Å². The first-order chi connectivity index (χ1) is 9.02. The molecule has 0 bridgehead atoms. The van der Waals surface area contributed by atoms with Crippen molar-refractivity contribution in [3.63, 3.8) is 0 Å². The van der Waals surface area contributed by atoms with Crippen LogP contribution in [0.2, 0.25) is 4.34 Å². The topological polar surface area (TPSA) is 49.8 Å². The summed E-state index contributed by atoms with van der Waals surface area (Å²) in [7, 11) is 3.21. The molecule has 0 fully saturated rings. The fraction of sp³-hybridized carbons (Fsp3) is 0.583. The second-order valence-electron chi connectivity index (χ2n) is 4.08. The summed E-state index contributed by atoms with van der Waals surface area (Å²) in [5, 5.41) is 9.54. The zero-order chi connectivity index (χ0) is 14.3. The van der Waals surface area contributed by atoms with Gasteiger partial charge in [0.2, 0.25) is 5.91 Å². The van der Waals surface area contributed by atoms with Gasteiger partial charge >= 0.3 is 0 Å². The number of likely N-dealkylation sites (N-methyl/N-ethyl adjacent to an activating group) is 1. The van der Waals surface area contributed by atoms with Crippen molar-refractivity contribution in [2.45, 2.75) is 11.9 Å². The van der Waals surface area contributed by atoms with Crippen LogP contribution in [0.25, 0.3) is 0 Å². The fourth-order valence-corrected chi connectivity index (χ4v) is 3.60. The average molecular weight is 324 g/mol. The molecule has 7 heteroatoms. The van der Waals surface area contributed by atoms with E-state index in [-0.39, 0.29) is 19.1 Å². The predicted octanol–water partition coefficient (Wildman–Crippen LogP) is 2.10. The van der Waals surface area contributed by atoms with E-state index < -0.39 is 6.10 Å². The van der Waals surface area contributed by atoms with Gasteiger partial charge in [-0.15, -0.1) is 23.1 Å². The number of amides is 1. The van der Waals surface area contributed by atoms with E-state index in [9.17, 15) is 9.90 Å². The van der Waals surface area contributed by atoms with Crippen molar-refractivity contribution in [2.75, 3.05) is 33.1 Å². The lowest BCUT2D eigenvalue weighted by Crippen LogP contribution is -2.37. The molecule has 1 aromatic rings. The summed E-state index contributed by atoms with van der Waals surface area (Å²) in [6, 6.07) is 3.83. The highest BCUT2D eigenvalue weighted by Gasteiger charge is 2.13. The van der Waals surface area contributed by atoms with Crippen LogP contribution in [-0.4, -0.2) is 55.1 Å². The van der Waals surface area contributed by atoms with E-state index in [1.807, 2.05) is 12.1 Å². The smallest absolute Gasteiger partial charge is 0.232 e. The lowest BCUT2D eigenvalue weighted by Gasteiger charge is -2.20. The molecule has 1 aromatic heterocycles. The van der Waals surface area contributed by atoms with E-state index in [0.29, 0.717) is 5.75 Å². The first-order valence-corrected chi connectivity index (χ1v) is 8.10. The molecule has 0 aliphatic rings. The Hall–Kier alpha value is -0.270. The van der Waals surface area contributed by atoms with Crippen LogP contribution in [0.3, 0.4) is 0 Å². The number of thiophene rings is 1. The number of ether oxygens (including phenoxy) is 1. The van der Waals surface area contributed by atoms with Crippen molar-refractivity contribution < 1.29 is 14.6 Å². The summed E-state index contributed by atoms with van der Waals surface area (Å²) < 4.78 is 5.59. The highest BCUT2D eigenvalue weighted by Crippen LogP contribution is 2.25. The molecule has 0 aromatic carbocycles. The van der Waals surface area contributed by atoms with Crippen molar-refractivity contribution in [3.05, 3.63) is 21.3 Å². The summed E-state index contributed by atoms with van der Waals surface area (Å²) in [6.07, 6.45) is -0.639. The number of aliphatic hydroxyl groups excluding tert-OH is 1. The highest BCUT2D eigenvalue weighted by molar-refractivity contribution is 7.99. The third kappa shape index (κ3) is 6.63. The Labute approximate surface area is 126 Å². The Bertz CT molecular complexity index is 400. The van der Waals surface area contributed by atoms with E-state index in [0.717, 1.165) is 15.0 Å². The predicted molar refractivity (Wildman–Crippen MR) is 81.0 cm³/mol. The quantitative estimate of drug-likeness (QED) is 0.796. The van der Waals surface area contributed by atoms with Gasteiger partial charge in [-0.1, -0.05) is 11.6 Å². The fourth-order valence-electron chi connectivity index (χ4n) is 1.44. The molecule has 19 heavy (non-hydrogen) atoms. The summed E-state index contributed by atoms with van der Waals surface area (Å²) in [4.78, 5) is 14.5. The van der Waals surface area contributed by atoms with Crippen LogP contribution in [0.15, 0.2) is 12.1 Å². The standard InChI is InChI=1S/C12H18ClNO3S2/c1-14(5-9(15)6-17-2)12(16)8-18-7-10-3-4-11(13)19-10/h3-4,9,15H,5-8H2,1-2H3. The van der Waals surface area contributed by atoms with Crippen LogP contribution < -0.4 is 0 Å². The van der Waals surface area contributed by atoms with Crippen molar-refractivity contribution in [1.29, 1.82) is 0 Å². The number of nitrogens with zero attached hydrogens (tertiary/aromatic N) is 1. The first kappa shape index (κ1) is 16.8. The molecule has 0 saturated heterocycles. The third-order valence-corrected chi connectivity index (χ3v) is 4.75. The Morgan fingerprint density at radius 3 is 2.95 bits per heavy atom. The molecule has 1 heterocycles. The van der Waals surface area contributed by atoms with Crippen LogP contribution in [0, 0.1) is 0 Å². The molecule has 0 radical (unpaired) electrons. The SMILES string of the molecule is COCC(O)CN(C)C(=O)CSCc1ccc(Cl)s1. The monoisotopic (exact) mass is 323 g/mol. The molecule has 4 nitrogen and oxygen atoms in total. The number of methoxy groups -OCH3 is 1. The number of hydrogen-bond donors (Lipinski definition) is 1. The number of halogens is 1. The second kappa shape index (κ2) is 8.81. The molecule has 0 saturated carbocycles. The normalized spacial score (nSPS) is 12.4. The lowest BCUT2D eigenvalue weighted by atomic mass is 10.3. The van der Waals surface area contributed by atoms with Crippen LogP contribution in [0.1, 0.15) is 4.88 Å². The van der Waals surface area contributed by atoms with Gasteiger partial charge in [0, 0.05) is 31.3 Å². The first-order valence-electron chi connectivity index (χ1n) is 5.76. The molecule has 1 unspecified atom stereocenters. The summed E-state index contributed by atoms with van der Waals surface area (Å²) in [5.41, 5.74) is 0. The Balaban J connectivity index is 2.23. The molecular formula is C12H18ClNO3S2. The van der Waals surface area contributed by atoms with Crippen LogP contribution >= 0.6 is 34.7 Å². The van der Waals surface area contributed by atoms with Crippen molar-refractivity contribution >= 4 is 40.6 Å².